The third-order valence-electron chi connectivity index (χ3n) is 7.03. The number of hydrogen-bond acceptors (Lipinski definition) is 6. The third kappa shape index (κ3) is 6.30. The molecule has 0 saturated carbocycles. The van der Waals surface area contributed by atoms with E-state index in [1.807, 2.05) is 12.1 Å². The molecular weight excluding hydrogens is 479 g/mol. The zero-order valence-corrected chi connectivity index (χ0v) is 21.3. The minimum Gasteiger partial charge on any atom is -0.454 e. The summed E-state index contributed by atoms with van der Waals surface area (Å²) in [5.74, 6) is 1.98. The molecule has 1 unspecified atom stereocenters. The zero-order chi connectivity index (χ0) is 23.2. The lowest BCUT2D eigenvalue weighted by Gasteiger charge is -2.42. The number of hydrogen-bond donors (Lipinski definition) is 1. The highest BCUT2D eigenvalue weighted by atomic mass is 36.5. The highest BCUT2D eigenvalue weighted by molar-refractivity contribution is 7.99. The second-order valence-corrected chi connectivity index (χ2v) is 10.2. The smallest absolute Gasteiger partial charge is 0.231 e. The summed E-state index contributed by atoms with van der Waals surface area (Å²) in [5, 5.41) is 11.0. The van der Waals surface area contributed by atoms with E-state index in [1.165, 1.54) is 25.9 Å². The molecule has 1 atom stereocenters. The zero-order valence-electron chi connectivity index (χ0n) is 19.0. The monoisotopic (exact) mass is 510 g/mol. The topological polar surface area (TPSA) is 45.2 Å². The number of aliphatic hydroxyl groups excluding tert-OH is 1. The first-order chi connectivity index (χ1) is 16.2. The molecule has 2 saturated heterocycles. The summed E-state index contributed by atoms with van der Waals surface area (Å²) < 4.78 is 10.9. The summed E-state index contributed by atoms with van der Waals surface area (Å²) in [7, 11) is 10.4. The van der Waals surface area contributed by atoms with Crippen LogP contribution in [0, 0.1) is 5.92 Å². The van der Waals surface area contributed by atoms with Gasteiger partial charge < -0.3 is 24.4 Å². The molecule has 0 aromatic heterocycles. The quantitative estimate of drug-likeness (QED) is 0.549. The molecule has 5 rings (SSSR count). The maximum Gasteiger partial charge on any atom is 0.231 e. The number of nitrogens with zero attached hydrogens (tertiary/aromatic N) is 2. The largest absolute Gasteiger partial charge is 0.454 e. The number of likely N-dealkylation sites (tertiary alicyclic amines) is 2. The Labute approximate surface area is 210 Å². The molecular formula is C25H32Cl2N2O3S. The Balaban J connectivity index is 0.00000126. The van der Waals surface area contributed by atoms with Crippen LogP contribution in [0.4, 0.5) is 0 Å². The van der Waals surface area contributed by atoms with Crippen LogP contribution in [0.15, 0.2) is 52.3 Å². The first-order valence-electron chi connectivity index (χ1n) is 11.6. The van der Waals surface area contributed by atoms with E-state index >= 15 is 0 Å². The van der Waals surface area contributed by atoms with Gasteiger partial charge in [-0.15, -0.1) is 0 Å². The molecule has 8 heteroatoms. The molecule has 180 valence electrons. The van der Waals surface area contributed by atoms with Crippen molar-refractivity contribution in [2.45, 2.75) is 47.6 Å². The van der Waals surface area contributed by atoms with Crippen LogP contribution in [-0.4, -0.2) is 61.0 Å². The van der Waals surface area contributed by atoms with Crippen LogP contribution in [0.1, 0.15) is 37.4 Å². The van der Waals surface area contributed by atoms with Gasteiger partial charge in [0.05, 0.1) is 6.10 Å². The maximum atomic E-state index is 11.0. The third-order valence-corrected chi connectivity index (χ3v) is 8.02. The molecule has 1 N–H and O–H groups in total. The van der Waals surface area contributed by atoms with Crippen LogP contribution in [0.2, 0.25) is 0 Å². The molecule has 3 heterocycles. The van der Waals surface area contributed by atoms with Crippen molar-refractivity contribution in [1.29, 1.82) is 0 Å². The van der Waals surface area contributed by atoms with Gasteiger partial charge in [-0.1, -0.05) is 23.9 Å². The van der Waals surface area contributed by atoms with Gasteiger partial charge in [0.1, 0.15) is 0 Å². The lowest BCUT2D eigenvalue weighted by molar-refractivity contribution is 0.0319. The standard InChI is InChI=1S/C25H32N2O3S.Cl2/c1-26-12-10-20(11-13-26)27-14-8-19(9-15-27)25(28)18-2-4-21(5-3-18)31-22-6-7-23-24(16-22)30-17-29-23;1-2/h2-7,16,19-20,25,28H,8-15,17H2,1H3;. The molecule has 5 nitrogen and oxygen atoms in total. The number of halogens is 2. The van der Waals surface area contributed by atoms with Gasteiger partial charge in [-0.05, 0) is 101 Å². The minimum absolute atomic E-state index is 0.299. The van der Waals surface area contributed by atoms with Gasteiger partial charge in [-0.3, -0.25) is 0 Å². The molecule has 0 amide bonds. The molecule has 0 radical (unpaired) electrons. The Morgan fingerprint density at radius 2 is 1.52 bits per heavy atom. The van der Waals surface area contributed by atoms with E-state index in [0.717, 1.165) is 58.8 Å². The maximum absolute atomic E-state index is 11.0. The fourth-order valence-corrected chi connectivity index (χ4v) is 5.89. The van der Waals surface area contributed by atoms with E-state index in [1.54, 1.807) is 11.8 Å². The molecule has 0 bridgehead atoms. The van der Waals surface area contributed by atoms with E-state index in [2.05, 4.69) is 68.9 Å². The van der Waals surface area contributed by atoms with Crippen LogP contribution in [0.25, 0.3) is 0 Å². The average molecular weight is 512 g/mol. The van der Waals surface area contributed by atoms with Gasteiger partial charge in [0, 0.05) is 37.5 Å². The second kappa shape index (κ2) is 12.0. The van der Waals surface area contributed by atoms with E-state index in [0.29, 0.717) is 12.7 Å². The van der Waals surface area contributed by atoms with Crippen molar-refractivity contribution in [2.24, 2.45) is 5.92 Å². The number of ether oxygens (including phenoxy) is 2. The average Bonchev–Trinajstić information content (AvgIpc) is 3.34. The number of benzene rings is 2. The van der Waals surface area contributed by atoms with Gasteiger partial charge in [0.2, 0.25) is 6.79 Å². The highest BCUT2D eigenvalue weighted by Gasteiger charge is 2.30. The Bertz CT molecular complexity index is 886. The van der Waals surface area contributed by atoms with Crippen molar-refractivity contribution in [3.05, 3.63) is 48.0 Å². The van der Waals surface area contributed by atoms with E-state index in [-0.39, 0.29) is 6.10 Å². The molecule has 2 fully saturated rings. The number of fused-ring (bicyclic) bond motifs is 1. The summed E-state index contributed by atoms with van der Waals surface area (Å²) in [5.41, 5.74) is 1.03. The lowest BCUT2D eigenvalue weighted by Crippen LogP contribution is -2.47. The molecule has 0 aliphatic carbocycles. The first kappa shape index (κ1) is 25.0. The Hall–Kier alpha value is -1.15. The van der Waals surface area contributed by atoms with Crippen LogP contribution in [0.3, 0.4) is 0 Å². The second-order valence-electron chi connectivity index (χ2n) is 9.04. The number of piperidine rings is 2. The van der Waals surface area contributed by atoms with E-state index in [4.69, 9.17) is 9.47 Å². The van der Waals surface area contributed by atoms with E-state index < -0.39 is 0 Å². The fourth-order valence-electron chi connectivity index (χ4n) is 5.04. The highest BCUT2D eigenvalue weighted by Crippen LogP contribution is 2.39. The predicted molar refractivity (Wildman–Crippen MR) is 135 cm³/mol. The van der Waals surface area contributed by atoms with Gasteiger partial charge in [0.25, 0.3) is 0 Å². The minimum atomic E-state index is -0.371. The van der Waals surface area contributed by atoms with Gasteiger partial charge >= 0.3 is 0 Å². The van der Waals surface area contributed by atoms with Crippen molar-refractivity contribution in [3.8, 4) is 11.5 Å². The normalized spacial score (nSPS) is 20.8. The van der Waals surface area contributed by atoms with Gasteiger partial charge in [0.15, 0.2) is 11.5 Å². The first-order valence-corrected chi connectivity index (χ1v) is 13.5. The summed E-state index contributed by atoms with van der Waals surface area (Å²) in [6.45, 7) is 4.96. The van der Waals surface area contributed by atoms with Crippen LogP contribution >= 0.6 is 33.5 Å². The van der Waals surface area contributed by atoms with Crippen molar-refractivity contribution in [3.63, 3.8) is 0 Å². The Kier molecular flexibility index (Phi) is 9.08. The van der Waals surface area contributed by atoms with Crippen LogP contribution in [-0.2, 0) is 0 Å². The molecule has 0 spiro atoms. The summed E-state index contributed by atoms with van der Waals surface area (Å²) in [6, 6.07) is 15.2. The molecule has 3 aliphatic rings. The molecule has 2 aromatic carbocycles. The van der Waals surface area contributed by atoms with E-state index in [9.17, 15) is 5.11 Å². The van der Waals surface area contributed by atoms with Crippen LogP contribution in [0.5, 0.6) is 11.5 Å². The van der Waals surface area contributed by atoms with Gasteiger partial charge in [-0.2, -0.15) is 0 Å². The summed E-state index contributed by atoms with van der Waals surface area (Å²) >= 11 is 1.70. The molecule has 33 heavy (non-hydrogen) atoms. The van der Waals surface area contributed by atoms with Crippen LogP contribution < -0.4 is 9.47 Å². The van der Waals surface area contributed by atoms with Gasteiger partial charge in [-0.25, -0.2) is 0 Å². The Morgan fingerprint density at radius 3 is 2.21 bits per heavy atom. The van der Waals surface area contributed by atoms with Crippen molar-refractivity contribution < 1.29 is 14.6 Å². The Morgan fingerprint density at radius 1 is 0.879 bits per heavy atom. The summed E-state index contributed by atoms with van der Waals surface area (Å²) in [4.78, 5) is 7.38. The molecule has 3 aliphatic heterocycles. The van der Waals surface area contributed by atoms with Crippen molar-refractivity contribution in [1.82, 2.24) is 9.80 Å². The predicted octanol–water partition coefficient (Wildman–Crippen LogP) is 5.79. The summed E-state index contributed by atoms with van der Waals surface area (Å²) in [6.07, 6.45) is 4.37. The molecule has 2 aromatic rings. The lowest BCUT2D eigenvalue weighted by atomic mass is 9.86. The van der Waals surface area contributed by atoms with Crippen molar-refractivity contribution in [2.75, 3.05) is 40.0 Å². The number of rotatable bonds is 5. The van der Waals surface area contributed by atoms with Crippen molar-refractivity contribution >= 4 is 33.5 Å². The SMILES string of the molecule is CN1CCC(N2CCC(C(O)c3ccc(Sc4ccc5c(c4)OCO5)cc3)CC2)CC1.ClCl. The fraction of sp³-hybridized carbons (Fsp3) is 0.520. The number of aliphatic hydroxyl groups is 1.